The van der Waals surface area contributed by atoms with Crippen molar-refractivity contribution < 1.29 is 4.74 Å². The summed E-state index contributed by atoms with van der Waals surface area (Å²) in [5, 5.41) is 0. The number of nitrogens with zero attached hydrogens (tertiary/aromatic N) is 2. The normalized spacial score (nSPS) is 19.0. The maximum atomic E-state index is 6.05. The number of halogens is 1. The average molecular weight is 342 g/mol. The minimum Gasteiger partial charge on any atom is -0.496 e. The monoisotopic (exact) mass is 341 g/mol. The van der Waals surface area contributed by atoms with Crippen LogP contribution in [0.15, 0.2) is 22.7 Å². The van der Waals surface area contributed by atoms with E-state index >= 15 is 0 Å². The SMILES string of the molecule is CCN1CCN(C(CN)c2cc(Br)ccc2OC)CC1. The van der Waals surface area contributed by atoms with Crippen LogP contribution in [0.4, 0.5) is 0 Å². The van der Waals surface area contributed by atoms with Gasteiger partial charge in [0.2, 0.25) is 0 Å². The van der Waals surface area contributed by atoms with Gasteiger partial charge >= 0.3 is 0 Å². The van der Waals surface area contributed by atoms with E-state index in [-0.39, 0.29) is 6.04 Å². The molecule has 0 bridgehead atoms. The maximum absolute atomic E-state index is 6.05. The van der Waals surface area contributed by atoms with E-state index in [0.717, 1.165) is 42.9 Å². The molecular weight excluding hydrogens is 318 g/mol. The minimum absolute atomic E-state index is 0.224. The Balaban J connectivity index is 2.18. The number of rotatable bonds is 5. The molecular formula is C15H24BrN3O. The van der Waals surface area contributed by atoms with Gasteiger partial charge in [0.1, 0.15) is 5.75 Å². The molecule has 1 aliphatic heterocycles. The molecule has 0 spiro atoms. The Morgan fingerprint density at radius 1 is 1.30 bits per heavy atom. The Morgan fingerprint density at radius 2 is 2.00 bits per heavy atom. The Bertz CT molecular complexity index is 433. The van der Waals surface area contributed by atoms with E-state index in [1.54, 1.807) is 7.11 Å². The number of likely N-dealkylation sites (N-methyl/N-ethyl adjacent to an activating group) is 1. The van der Waals surface area contributed by atoms with E-state index in [9.17, 15) is 0 Å². The van der Waals surface area contributed by atoms with E-state index in [0.29, 0.717) is 6.54 Å². The molecule has 1 heterocycles. The van der Waals surface area contributed by atoms with Gasteiger partial charge in [-0.2, -0.15) is 0 Å². The standard InChI is InChI=1S/C15H24BrN3O/c1-3-18-6-8-19(9-7-18)14(11-17)13-10-12(16)4-5-15(13)20-2/h4-5,10,14H,3,6-9,11,17H2,1-2H3. The molecule has 2 rings (SSSR count). The average Bonchev–Trinajstić information content (AvgIpc) is 2.49. The van der Waals surface area contributed by atoms with Crippen LogP contribution in [0.3, 0.4) is 0 Å². The van der Waals surface area contributed by atoms with Crippen LogP contribution in [0, 0.1) is 0 Å². The number of methoxy groups -OCH3 is 1. The van der Waals surface area contributed by atoms with Gasteiger partial charge in [0, 0.05) is 42.8 Å². The summed E-state index contributed by atoms with van der Waals surface area (Å²) in [7, 11) is 1.72. The van der Waals surface area contributed by atoms with Crippen molar-refractivity contribution in [2.45, 2.75) is 13.0 Å². The van der Waals surface area contributed by atoms with E-state index in [2.05, 4.69) is 38.7 Å². The first-order valence-corrected chi connectivity index (χ1v) is 7.98. The molecule has 1 aliphatic rings. The minimum atomic E-state index is 0.224. The number of ether oxygens (including phenoxy) is 1. The van der Waals surface area contributed by atoms with Gasteiger partial charge in [-0.15, -0.1) is 0 Å². The molecule has 1 saturated heterocycles. The van der Waals surface area contributed by atoms with Crippen LogP contribution < -0.4 is 10.5 Å². The summed E-state index contributed by atoms with van der Waals surface area (Å²) < 4.78 is 6.57. The second-order valence-electron chi connectivity index (χ2n) is 5.11. The highest BCUT2D eigenvalue weighted by Crippen LogP contribution is 2.32. The molecule has 20 heavy (non-hydrogen) atoms. The fraction of sp³-hybridized carbons (Fsp3) is 0.600. The van der Waals surface area contributed by atoms with E-state index in [1.165, 1.54) is 5.56 Å². The molecule has 0 aliphatic carbocycles. The number of hydrogen-bond donors (Lipinski definition) is 1. The first kappa shape index (κ1) is 15.8. The summed E-state index contributed by atoms with van der Waals surface area (Å²) in [5.41, 5.74) is 7.23. The molecule has 1 fully saturated rings. The van der Waals surface area contributed by atoms with Crippen LogP contribution in [-0.2, 0) is 0 Å². The number of nitrogens with two attached hydrogens (primary N) is 1. The molecule has 0 saturated carbocycles. The third-order valence-electron chi connectivity index (χ3n) is 4.07. The van der Waals surface area contributed by atoms with Gasteiger partial charge in [0.15, 0.2) is 0 Å². The maximum Gasteiger partial charge on any atom is 0.123 e. The van der Waals surface area contributed by atoms with Crippen molar-refractivity contribution in [2.75, 3.05) is 46.4 Å². The van der Waals surface area contributed by atoms with Crippen molar-refractivity contribution in [1.82, 2.24) is 9.80 Å². The van der Waals surface area contributed by atoms with Crippen LogP contribution in [0.25, 0.3) is 0 Å². The van der Waals surface area contributed by atoms with Gasteiger partial charge in [0.25, 0.3) is 0 Å². The van der Waals surface area contributed by atoms with Crippen molar-refractivity contribution in [3.05, 3.63) is 28.2 Å². The van der Waals surface area contributed by atoms with Crippen LogP contribution in [0.5, 0.6) is 5.75 Å². The third-order valence-corrected chi connectivity index (χ3v) is 4.56. The second-order valence-corrected chi connectivity index (χ2v) is 6.02. The zero-order chi connectivity index (χ0) is 14.5. The first-order chi connectivity index (χ1) is 9.69. The van der Waals surface area contributed by atoms with Gasteiger partial charge in [-0.3, -0.25) is 4.90 Å². The van der Waals surface area contributed by atoms with E-state index in [1.807, 2.05) is 12.1 Å². The van der Waals surface area contributed by atoms with Gasteiger partial charge in [-0.05, 0) is 24.7 Å². The first-order valence-electron chi connectivity index (χ1n) is 7.19. The lowest BCUT2D eigenvalue weighted by Crippen LogP contribution is -2.48. The lowest BCUT2D eigenvalue weighted by molar-refractivity contribution is 0.101. The number of piperazine rings is 1. The Hall–Kier alpha value is -0.620. The molecule has 112 valence electrons. The highest BCUT2D eigenvalue weighted by atomic mass is 79.9. The summed E-state index contributed by atoms with van der Waals surface area (Å²) in [6.45, 7) is 8.30. The summed E-state index contributed by atoms with van der Waals surface area (Å²) in [5.74, 6) is 0.918. The molecule has 0 amide bonds. The fourth-order valence-electron chi connectivity index (χ4n) is 2.83. The predicted molar refractivity (Wildman–Crippen MR) is 86.2 cm³/mol. The van der Waals surface area contributed by atoms with Crippen LogP contribution in [0.2, 0.25) is 0 Å². The molecule has 5 heteroatoms. The zero-order valence-corrected chi connectivity index (χ0v) is 13.9. The smallest absolute Gasteiger partial charge is 0.123 e. The Morgan fingerprint density at radius 3 is 2.55 bits per heavy atom. The summed E-state index contributed by atoms with van der Waals surface area (Å²) in [6.07, 6.45) is 0. The van der Waals surface area contributed by atoms with Crippen molar-refractivity contribution in [1.29, 1.82) is 0 Å². The molecule has 1 aromatic rings. The fourth-order valence-corrected chi connectivity index (χ4v) is 3.21. The predicted octanol–water partition coefficient (Wildman–Crippen LogP) is 2.09. The van der Waals surface area contributed by atoms with Crippen LogP contribution in [-0.4, -0.2) is 56.2 Å². The molecule has 0 aromatic heterocycles. The molecule has 1 unspecified atom stereocenters. The number of benzene rings is 1. The molecule has 2 N–H and O–H groups in total. The van der Waals surface area contributed by atoms with E-state index < -0.39 is 0 Å². The lowest BCUT2D eigenvalue weighted by Gasteiger charge is -2.39. The lowest BCUT2D eigenvalue weighted by atomic mass is 10.0. The molecule has 4 nitrogen and oxygen atoms in total. The van der Waals surface area contributed by atoms with Crippen LogP contribution >= 0.6 is 15.9 Å². The van der Waals surface area contributed by atoms with Gasteiger partial charge in [-0.1, -0.05) is 22.9 Å². The highest BCUT2D eigenvalue weighted by Gasteiger charge is 2.25. The Labute approximate surface area is 130 Å². The largest absolute Gasteiger partial charge is 0.496 e. The highest BCUT2D eigenvalue weighted by molar-refractivity contribution is 9.10. The van der Waals surface area contributed by atoms with Gasteiger partial charge in [-0.25, -0.2) is 0 Å². The third kappa shape index (κ3) is 3.52. The molecule has 1 aromatic carbocycles. The van der Waals surface area contributed by atoms with Crippen molar-refractivity contribution in [3.8, 4) is 5.75 Å². The number of hydrogen-bond acceptors (Lipinski definition) is 4. The van der Waals surface area contributed by atoms with Gasteiger partial charge < -0.3 is 15.4 Å². The molecule has 0 radical (unpaired) electrons. The van der Waals surface area contributed by atoms with Crippen LogP contribution in [0.1, 0.15) is 18.5 Å². The Kier molecular flexibility index (Phi) is 5.84. The topological polar surface area (TPSA) is 41.7 Å². The second kappa shape index (κ2) is 7.41. The van der Waals surface area contributed by atoms with Crippen molar-refractivity contribution >= 4 is 15.9 Å². The van der Waals surface area contributed by atoms with Crippen molar-refractivity contribution in [3.63, 3.8) is 0 Å². The van der Waals surface area contributed by atoms with E-state index in [4.69, 9.17) is 10.5 Å². The van der Waals surface area contributed by atoms with Crippen molar-refractivity contribution in [2.24, 2.45) is 5.73 Å². The molecule has 1 atom stereocenters. The quantitative estimate of drug-likeness (QED) is 0.890. The summed E-state index contributed by atoms with van der Waals surface area (Å²) in [4.78, 5) is 4.94. The summed E-state index contributed by atoms with van der Waals surface area (Å²) >= 11 is 3.54. The van der Waals surface area contributed by atoms with Gasteiger partial charge in [0.05, 0.1) is 13.2 Å². The zero-order valence-electron chi connectivity index (χ0n) is 12.3. The summed E-state index contributed by atoms with van der Waals surface area (Å²) in [6, 6.07) is 6.36.